The molecule has 4 rings (SSSR count). The third-order valence-electron chi connectivity index (χ3n) is 6.70. The molecule has 0 spiro atoms. The van der Waals surface area contributed by atoms with Crippen molar-refractivity contribution < 1.29 is 17.9 Å². The summed E-state index contributed by atoms with van der Waals surface area (Å²) in [7, 11) is -0.473. The van der Waals surface area contributed by atoms with E-state index in [0.29, 0.717) is 59.2 Å². The van der Waals surface area contributed by atoms with Crippen LogP contribution in [0.4, 0.5) is 0 Å². The summed E-state index contributed by atoms with van der Waals surface area (Å²) in [5.74, 6) is 0.0211. The molecule has 0 unspecified atom stereocenters. The van der Waals surface area contributed by atoms with Crippen LogP contribution < -0.4 is 5.56 Å². The topological polar surface area (TPSA) is 116 Å². The van der Waals surface area contributed by atoms with Crippen molar-refractivity contribution in [2.75, 3.05) is 40.3 Å². The minimum Gasteiger partial charge on any atom is -0.465 e. The van der Waals surface area contributed by atoms with Crippen molar-refractivity contribution in [1.29, 1.82) is 0 Å². The van der Waals surface area contributed by atoms with Gasteiger partial charge in [-0.1, -0.05) is 19.3 Å². The predicted molar refractivity (Wildman–Crippen MR) is 127 cm³/mol. The number of nitrogens with one attached hydrogen (secondary N) is 1. The molecule has 0 amide bonds. The largest absolute Gasteiger partial charge is 0.465 e. The molecule has 2 aliphatic rings. The molecule has 2 aromatic heterocycles. The maximum absolute atomic E-state index is 13.1. The predicted octanol–water partition coefficient (Wildman–Crippen LogP) is 1.71. The summed E-state index contributed by atoms with van der Waals surface area (Å²) in [5.41, 5.74) is 0.289. The summed E-state index contributed by atoms with van der Waals surface area (Å²) in [6.45, 7) is 4.02. The van der Waals surface area contributed by atoms with Gasteiger partial charge in [-0.15, -0.1) is 11.3 Å². The van der Waals surface area contributed by atoms with Crippen LogP contribution in [-0.4, -0.2) is 84.2 Å². The van der Waals surface area contributed by atoms with Crippen molar-refractivity contribution in [1.82, 2.24) is 23.5 Å². The highest BCUT2D eigenvalue weighted by Gasteiger charge is 2.34. The highest BCUT2D eigenvalue weighted by atomic mass is 32.2. The van der Waals surface area contributed by atoms with E-state index >= 15 is 0 Å². The highest BCUT2D eigenvalue weighted by molar-refractivity contribution is 7.86. The number of piperazine rings is 1. The van der Waals surface area contributed by atoms with E-state index < -0.39 is 16.2 Å². The van der Waals surface area contributed by atoms with Crippen LogP contribution in [0, 0.1) is 6.92 Å². The number of nitrogens with zero attached hydrogens (tertiary/aromatic N) is 4. The van der Waals surface area contributed by atoms with E-state index in [1.807, 2.05) is 0 Å². The van der Waals surface area contributed by atoms with Crippen molar-refractivity contribution in [3.05, 3.63) is 26.6 Å². The van der Waals surface area contributed by atoms with Gasteiger partial charge in [-0.05, 0) is 25.3 Å². The van der Waals surface area contributed by atoms with Crippen molar-refractivity contribution in [2.24, 2.45) is 0 Å². The molecule has 0 radical (unpaired) electrons. The molecular formula is C21H31N5O5S2. The summed E-state index contributed by atoms with van der Waals surface area (Å²) in [5, 5.41) is 0.408. The molecule has 1 aliphatic heterocycles. The molecule has 1 saturated carbocycles. The van der Waals surface area contributed by atoms with Gasteiger partial charge in [0.1, 0.15) is 15.5 Å². The van der Waals surface area contributed by atoms with E-state index in [0.717, 1.165) is 37.0 Å². The van der Waals surface area contributed by atoms with Gasteiger partial charge in [0.2, 0.25) is 0 Å². The second kappa shape index (κ2) is 9.79. The molecule has 3 heterocycles. The summed E-state index contributed by atoms with van der Waals surface area (Å²) in [6, 6.07) is 0.0897. The molecule has 0 bridgehead atoms. The second-order valence-electron chi connectivity index (χ2n) is 8.73. The zero-order chi connectivity index (χ0) is 23.8. The van der Waals surface area contributed by atoms with E-state index in [9.17, 15) is 18.0 Å². The molecule has 182 valence electrons. The molecule has 10 nitrogen and oxygen atoms in total. The summed E-state index contributed by atoms with van der Waals surface area (Å²) in [4.78, 5) is 34.9. The maximum Gasteiger partial charge on any atom is 0.348 e. The second-order valence-corrected chi connectivity index (χ2v) is 11.7. The molecular weight excluding hydrogens is 466 g/mol. The number of aryl methyl sites for hydroxylation is 1. The molecule has 33 heavy (non-hydrogen) atoms. The number of aromatic nitrogens is 2. The van der Waals surface area contributed by atoms with Gasteiger partial charge in [-0.2, -0.15) is 17.0 Å². The van der Waals surface area contributed by atoms with E-state index in [4.69, 9.17) is 4.74 Å². The molecule has 0 aromatic carbocycles. The third-order valence-corrected chi connectivity index (χ3v) is 9.91. The Morgan fingerprint density at radius 2 is 1.88 bits per heavy atom. The van der Waals surface area contributed by atoms with Crippen LogP contribution in [0.25, 0.3) is 10.2 Å². The normalized spacial score (nSPS) is 19.4. The monoisotopic (exact) mass is 497 g/mol. The van der Waals surface area contributed by atoms with Crippen molar-refractivity contribution in [3.8, 4) is 0 Å². The Bertz CT molecular complexity index is 1180. The number of esters is 1. The van der Waals surface area contributed by atoms with Gasteiger partial charge in [0, 0.05) is 39.3 Å². The average Bonchev–Trinajstić information content (AvgIpc) is 3.15. The van der Waals surface area contributed by atoms with Gasteiger partial charge in [0.25, 0.3) is 15.8 Å². The fourth-order valence-corrected chi connectivity index (χ4v) is 7.39. The lowest BCUT2D eigenvalue weighted by Gasteiger charge is -2.38. The number of aromatic amines is 1. The number of ether oxygens (including phenoxy) is 1. The van der Waals surface area contributed by atoms with E-state index in [1.54, 1.807) is 22.6 Å². The van der Waals surface area contributed by atoms with Gasteiger partial charge in [0.05, 0.1) is 19.0 Å². The zero-order valence-electron chi connectivity index (χ0n) is 19.3. The Morgan fingerprint density at radius 3 is 2.52 bits per heavy atom. The molecule has 1 saturated heterocycles. The Morgan fingerprint density at radius 1 is 1.21 bits per heavy atom. The van der Waals surface area contributed by atoms with Crippen LogP contribution in [0.15, 0.2) is 4.79 Å². The lowest BCUT2D eigenvalue weighted by Crippen LogP contribution is -2.54. The number of methoxy groups -OCH3 is 1. The fourth-order valence-electron chi connectivity index (χ4n) is 4.70. The van der Waals surface area contributed by atoms with Crippen molar-refractivity contribution in [3.63, 3.8) is 0 Å². The molecule has 2 aromatic rings. The van der Waals surface area contributed by atoms with Crippen LogP contribution >= 0.6 is 11.3 Å². The number of rotatable bonds is 6. The van der Waals surface area contributed by atoms with Gasteiger partial charge < -0.3 is 9.72 Å². The lowest BCUT2D eigenvalue weighted by atomic mass is 9.96. The number of hydrogen-bond donors (Lipinski definition) is 1. The van der Waals surface area contributed by atoms with Gasteiger partial charge >= 0.3 is 5.97 Å². The molecule has 2 fully saturated rings. The number of fused-ring (bicyclic) bond motifs is 1. The summed E-state index contributed by atoms with van der Waals surface area (Å²) < 4.78 is 34.1. The number of carbonyl (C=O) groups is 1. The van der Waals surface area contributed by atoms with Crippen LogP contribution in [0.3, 0.4) is 0 Å². The lowest BCUT2D eigenvalue weighted by molar-refractivity contribution is 0.0605. The SMILES string of the molecule is COC(=O)c1sc2nc(CN3CCN(S(=O)(=O)N(C)C4CCCCC4)CC3)[nH]c(=O)c2c1C. The Kier molecular flexibility index (Phi) is 7.20. The summed E-state index contributed by atoms with van der Waals surface area (Å²) in [6.07, 6.45) is 5.20. The van der Waals surface area contributed by atoms with Crippen molar-refractivity contribution in [2.45, 2.75) is 51.6 Å². The number of H-pyrrole nitrogens is 1. The Hall–Kier alpha value is -1.86. The van der Waals surface area contributed by atoms with Crippen LogP contribution in [0.5, 0.6) is 0 Å². The number of hydrogen-bond acceptors (Lipinski definition) is 8. The maximum atomic E-state index is 13.1. The van der Waals surface area contributed by atoms with Crippen LogP contribution in [0.1, 0.15) is 53.2 Å². The first kappa shape index (κ1) is 24.3. The van der Waals surface area contributed by atoms with E-state index in [1.165, 1.54) is 13.5 Å². The van der Waals surface area contributed by atoms with Crippen molar-refractivity contribution >= 4 is 37.7 Å². The number of thiophene rings is 1. The minimum absolute atomic E-state index is 0.0897. The molecule has 0 atom stereocenters. The quantitative estimate of drug-likeness (QED) is 0.604. The molecule has 1 aliphatic carbocycles. The first-order valence-corrected chi connectivity index (χ1v) is 13.5. The van der Waals surface area contributed by atoms with E-state index in [-0.39, 0.29) is 11.6 Å². The highest BCUT2D eigenvalue weighted by Crippen LogP contribution is 2.28. The fraction of sp³-hybridized carbons (Fsp3) is 0.667. The minimum atomic E-state index is -3.48. The zero-order valence-corrected chi connectivity index (χ0v) is 20.9. The first-order valence-electron chi connectivity index (χ1n) is 11.3. The van der Waals surface area contributed by atoms with Gasteiger partial charge in [-0.25, -0.2) is 9.78 Å². The Labute approximate surface area is 197 Å². The molecule has 1 N–H and O–H groups in total. The smallest absolute Gasteiger partial charge is 0.348 e. The summed E-state index contributed by atoms with van der Waals surface area (Å²) >= 11 is 1.15. The van der Waals surface area contributed by atoms with E-state index in [2.05, 4.69) is 14.9 Å². The van der Waals surface area contributed by atoms with Crippen LogP contribution in [-0.2, 0) is 21.5 Å². The van der Waals surface area contributed by atoms with Gasteiger partial charge in [0.15, 0.2) is 0 Å². The first-order chi connectivity index (χ1) is 15.7. The van der Waals surface area contributed by atoms with Gasteiger partial charge in [-0.3, -0.25) is 9.69 Å². The van der Waals surface area contributed by atoms with Crippen LogP contribution in [0.2, 0.25) is 0 Å². The average molecular weight is 498 g/mol. The standard InChI is InChI=1S/C21H31N5O5S2/c1-14-17-19(27)22-16(23-20(17)32-18(14)21(28)31-3)13-25-9-11-26(12-10-25)33(29,30)24(2)15-7-5-4-6-8-15/h15H,4-13H2,1-3H3,(H,22,23,27). The number of carbonyl (C=O) groups excluding carboxylic acids is 1. The molecule has 12 heteroatoms. The third kappa shape index (κ3) is 4.85. The Balaban J connectivity index is 1.42.